The molecule has 0 saturated carbocycles. The summed E-state index contributed by atoms with van der Waals surface area (Å²) in [5.74, 6) is 0. The van der Waals surface area contributed by atoms with Crippen LogP contribution in [0, 0.1) is 0 Å². The van der Waals surface area contributed by atoms with Gasteiger partial charge in [-0.3, -0.25) is 0 Å². The van der Waals surface area contributed by atoms with Gasteiger partial charge in [0.05, 0.1) is 0 Å². The zero-order valence-corrected chi connectivity index (χ0v) is 24.2. The van der Waals surface area contributed by atoms with E-state index in [4.69, 9.17) is 0 Å². The van der Waals surface area contributed by atoms with Crippen LogP contribution in [0.15, 0.2) is 182 Å². The minimum atomic E-state index is -0.751. The van der Waals surface area contributed by atoms with Gasteiger partial charge in [-0.1, -0.05) is 182 Å². The van der Waals surface area contributed by atoms with Crippen LogP contribution in [0.5, 0.6) is 0 Å². The smallest absolute Gasteiger partial charge is 0.0236 e. The maximum absolute atomic E-state index is 2.35. The third-order valence-electron chi connectivity index (χ3n) is 7.28. The van der Waals surface area contributed by atoms with Crippen LogP contribution in [0.25, 0.3) is 0 Å². The summed E-state index contributed by atoms with van der Waals surface area (Å²) in [5, 5.41) is 5.65. The highest BCUT2D eigenvalue weighted by molar-refractivity contribution is 7.77. The van der Waals surface area contributed by atoms with Crippen LogP contribution < -0.4 is 21.2 Å². The van der Waals surface area contributed by atoms with Gasteiger partial charge >= 0.3 is 0 Å². The zero-order valence-electron chi connectivity index (χ0n) is 22.4. The second kappa shape index (κ2) is 13.0. The van der Waals surface area contributed by atoms with Crippen LogP contribution in [0.3, 0.4) is 0 Å². The van der Waals surface area contributed by atoms with Crippen molar-refractivity contribution in [2.45, 2.75) is 11.3 Å². The molecule has 40 heavy (non-hydrogen) atoms. The van der Waals surface area contributed by atoms with Gasteiger partial charge in [-0.05, 0) is 48.2 Å². The molecule has 0 radical (unpaired) electrons. The van der Waals surface area contributed by atoms with Gasteiger partial charge in [0.15, 0.2) is 0 Å². The molecule has 6 aromatic rings. The first-order valence-corrected chi connectivity index (χ1v) is 16.6. The van der Waals surface area contributed by atoms with Crippen molar-refractivity contribution in [1.82, 2.24) is 0 Å². The van der Waals surface area contributed by atoms with E-state index in [1.54, 1.807) is 0 Å². The highest BCUT2D eigenvalue weighted by Gasteiger charge is 2.39. The Morgan fingerprint density at radius 1 is 0.250 bits per heavy atom. The molecule has 0 bridgehead atoms. The van der Waals surface area contributed by atoms with Crippen LogP contribution in [-0.4, -0.2) is 0 Å². The lowest BCUT2D eigenvalue weighted by Crippen LogP contribution is -2.26. The Morgan fingerprint density at radius 2 is 0.450 bits per heavy atom. The Morgan fingerprint density at radius 3 is 0.675 bits per heavy atom. The van der Waals surface area contributed by atoms with Crippen molar-refractivity contribution in [2.24, 2.45) is 0 Å². The molecule has 0 spiro atoms. The van der Waals surface area contributed by atoms with Gasteiger partial charge < -0.3 is 0 Å². The van der Waals surface area contributed by atoms with Gasteiger partial charge in [-0.25, -0.2) is 0 Å². The Balaban J connectivity index is 1.67. The van der Waals surface area contributed by atoms with Crippen LogP contribution in [-0.2, 0) is 0 Å². The third-order valence-corrected chi connectivity index (χ3v) is 13.2. The van der Waals surface area contributed by atoms with E-state index in [9.17, 15) is 0 Å². The van der Waals surface area contributed by atoms with E-state index in [2.05, 4.69) is 182 Å². The number of benzene rings is 6. The van der Waals surface area contributed by atoms with Crippen LogP contribution in [0.1, 0.15) is 22.4 Å². The van der Waals surface area contributed by atoms with Gasteiger partial charge in [-0.2, -0.15) is 0 Å². The predicted octanol–water partition coefficient (Wildman–Crippen LogP) is 8.73. The van der Waals surface area contributed by atoms with Crippen molar-refractivity contribution < 1.29 is 0 Å². The fourth-order valence-corrected chi connectivity index (χ4v) is 12.0. The fourth-order valence-electron chi connectivity index (χ4n) is 5.54. The molecule has 6 aromatic carbocycles. The van der Waals surface area contributed by atoms with E-state index in [0.29, 0.717) is 0 Å². The lowest BCUT2D eigenvalue weighted by molar-refractivity contribution is 0.890. The molecule has 0 amide bonds. The largest absolute Gasteiger partial charge is 0.0622 e. The number of hydrogen-bond acceptors (Lipinski definition) is 0. The summed E-state index contributed by atoms with van der Waals surface area (Å²) in [6.07, 6.45) is 0. The zero-order chi connectivity index (χ0) is 27.0. The highest BCUT2D eigenvalue weighted by Crippen LogP contribution is 2.66. The minimum Gasteiger partial charge on any atom is -0.0622 e. The summed E-state index contributed by atoms with van der Waals surface area (Å²) >= 11 is 0. The molecule has 0 heterocycles. The molecular formula is C38H32P2. The van der Waals surface area contributed by atoms with Gasteiger partial charge in [-0.15, -0.1) is 0 Å². The SMILES string of the molecule is c1ccc(C(C(c2ccccc2)P(c2ccccc2)c2ccccc2)P(c2ccccc2)c2ccccc2)cc1. The molecule has 6 rings (SSSR count). The van der Waals surface area contributed by atoms with Gasteiger partial charge in [0.25, 0.3) is 0 Å². The second-order valence-corrected chi connectivity index (χ2v) is 14.5. The summed E-state index contributed by atoms with van der Waals surface area (Å²) in [6, 6.07) is 67.4. The predicted molar refractivity (Wildman–Crippen MR) is 177 cm³/mol. The van der Waals surface area contributed by atoms with Crippen molar-refractivity contribution in [3.63, 3.8) is 0 Å². The van der Waals surface area contributed by atoms with Crippen LogP contribution in [0.2, 0.25) is 0 Å². The van der Waals surface area contributed by atoms with Crippen molar-refractivity contribution in [2.75, 3.05) is 0 Å². The van der Waals surface area contributed by atoms with E-state index in [0.717, 1.165) is 0 Å². The Hall–Kier alpha value is -3.82. The summed E-state index contributed by atoms with van der Waals surface area (Å²) < 4.78 is 0. The van der Waals surface area contributed by atoms with Crippen molar-refractivity contribution in [3.8, 4) is 0 Å². The Kier molecular flexibility index (Phi) is 8.60. The molecule has 2 heteroatoms. The second-order valence-electron chi connectivity index (χ2n) is 9.79. The molecule has 0 aliphatic carbocycles. The van der Waals surface area contributed by atoms with E-state index in [-0.39, 0.29) is 11.3 Å². The first-order chi connectivity index (χ1) is 19.9. The molecule has 0 nitrogen and oxygen atoms in total. The lowest BCUT2D eigenvalue weighted by Gasteiger charge is -2.40. The fraction of sp³-hybridized carbons (Fsp3) is 0.0526. The topological polar surface area (TPSA) is 0 Å². The quantitative estimate of drug-likeness (QED) is 0.158. The average Bonchev–Trinajstić information content (AvgIpc) is 3.05. The molecule has 0 saturated heterocycles. The molecule has 0 aromatic heterocycles. The van der Waals surface area contributed by atoms with Crippen LogP contribution in [0.4, 0.5) is 0 Å². The van der Waals surface area contributed by atoms with E-state index < -0.39 is 15.8 Å². The molecule has 194 valence electrons. The maximum atomic E-state index is 2.35. The first kappa shape index (κ1) is 26.4. The highest BCUT2D eigenvalue weighted by atomic mass is 31.1. The average molecular weight is 551 g/mol. The van der Waals surface area contributed by atoms with Gasteiger partial charge in [0.1, 0.15) is 0 Å². The molecule has 2 atom stereocenters. The normalized spacial score (nSPS) is 12.8. The molecule has 0 aliphatic rings. The minimum absolute atomic E-state index is 0.259. The standard InChI is InChI=1S/C38H32P2/c1-7-19-31(20-8-1)37(39(33-23-11-3-12-24-33)34-25-13-4-14-26-34)38(32-21-9-2-10-22-32)40(35-27-15-5-16-28-35)36-29-17-6-18-30-36/h1-30,37-38H. The summed E-state index contributed by atoms with van der Waals surface area (Å²) in [4.78, 5) is 0. The Bertz CT molecular complexity index is 1370. The summed E-state index contributed by atoms with van der Waals surface area (Å²) in [7, 11) is -1.50. The summed E-state index contributed by atoms with van der Waals surface area (Å²) in [5.41, 5.74) is 3.31. The van der Waals surface area contributed by atoms with E-state index in [1.807, 2.05) is 0 Å². The van der Waals surface area contributed by atoms with Crippen molar-refractivity contribution in [3.05, 3.63) is 193 Å². The summed E-state index contributed by atoms with van der Waals surface area (Å²) in [6.45, 7) is 0. The molecule has 2 unspecified atom stereocenters. The molecule has 0 fully saturated rings. The molecular weight excluding hydrogens is 518 g/mol. The third kappa shape index (κ3) is 5.85. The molecule has 0 N–H and O–H groups in total. The van der Waals surface area contributed by atoms with E-state index >= 15 is 0 Å². The lowest BCUT2D eigenvalue weighted by atomic mass is 10.0. The number of hydrogen-bond donors (Lipinski definition) is 0. The van der Waals surface area contributed by atoms with Crippen molar-refractivity contribution >= 4 is 37.1 Å². The van der Waals surface area contributed by atoms with Crippen LogP contribution >= 0.6 is 15.8 Å². The number of rotatable bonds is 9. The van der Waals surface area contributed by atoms with E-state index in [1.165, 1.54) is 32.3 Å². The molecule has 0 aliphatic heterocycles. The van der Waals surface area contributed by atoms with Gasteiger partial charge in [0.2, 0.25) is 0 Å². The maximum Gasteiger partial charge on any atom is 0.0236 e. The van der Waals surface area contributed by atoms with Crippen molar-refractivity contribution in [1.29, 1.82) is 0 Å². The Labute approximate surface area is 240 Å². The van der Waals surface area contributed by atoms with Gasteiger partial charge in [0, 0.05) is 11.3 Å². The monoisotopic (exact) mass is 550 g/mol. The first-order valence-electron chi connectivity index (χ1n) is 13.8.